The van der Waals surface area contributed by atoms with E-state index >= 15 is 0 Å². The number of piperidine rings is 1. The van der Waals surface area contributed by atoms with Crippen molar-refractivity contribution in [2.45, 2.75) is 25.9 Å². The number of nitrogens with zero attached hydrogens (tertiary/aromatic N) is 3. The molecule has 1 N–H and O–H groups in total. The van der Waals surface area contributed by atoms with Gasteiger partial charge in [0, 0.05) is 19.6 Å². The average molecular weight is 453 g/mol. The van der Waals surface area contributed by atoms with E-state index in [4.69, 9.17) is 4.98 Å². The lowest BCUT2D eigenvalue weighted by Gasteiger charge is -2.32. The SMILES string of the molecule is O=C(NCc1ccccc1)C1CCCN(c2nc3ccccc3n(Cc3ccccc3)c2=O)C1. The fraction of sp³-hybridized carbons (Fsp3) is 0.250. The number of fused-ring (bicyclic) bond motifs is 1. The van der Waals surface area contributed by atoms with Crippen molar-refractivity contribution in [1.82, 2.24) is 14.9 Å². The van der Waals surface area contributed by atoms with Gasteiger partial charge in [-0.2, -0.15) is 0 Å². The zero-order valence-corrected chi connectivity index (χ0v) is 19.1. The highest BCUT2D eigenvalue weighted by Gasteiger charge is 2.28. The Labute approximate surface area is 198 Å². The van der Waals surface area contributed by atoms with Crippen LogP contribution >= 0.6 is 0 Å². The van der Waals surface area contributed by atoms with E-state index in [0.717, 1.165) is 35.0 Å². The van der Waals surface area contributed by atoms with Gasteiger partial charge < -0.3 is 10.2 Å². The second kappa shape index (κ2) is 9.91. The van der Waals surface area contributed by atoms with E-state index in [0.29, 0.717) is 32.0 Å². The molecule has 0 saturated carbocycles. The smallest absolute Gasteiger partial charge is 0.294 e. The summed E-state index contributed by atoms with van der Waals surface area (Å²) >= 11 is 0. The molecule has 4 aromatic rings. The molecule has 0 spiro atoms. The molecular weight excluding hydrogens is 424 g/mol. The molecule has 0 aliphatic carbocycles. The number of hydrogen-bond acceptors (Lipinski definition) is 4. The van der Waals surface area contributed by atoms with E-state index < -0.39 is 0 Å². The summed E-state index contributed by atoms with van der Waals surface area (Å²) in [6, 6.07) is 27.6. The minimum Gasteiger partial charge on any atom is -0.352 e. The predicted octanol–water partition coefficient (Wildman–Crippen LogP) is 3.98. The number of rotatable bonds is 6. The number of nitrogens with one attached hydrogen (secondary N) is 1. The van der Waals surface area contributed by atoms with Crippen molar-refractivity contribution in [3.05, 3.63) is 106 Å². The van der Waals surface area contributed by atoms with Crippen molar-refractivity contribution in [3.8, 4) is 0 Å². The lowest BCUT2D eigenvalue weighted by Crippen LogP contribution is -2.45. The number of carbonyl (C=O) groups excluding carboxylic acids is 1. The van der Waals surface area contributed by atoms with Gasteiger partial charge in [-0.15, -0.1) is 0 Å². The van der Waals surface area contributed by atoms with Crippen LogP contribution in [-0.2, 0) is 17.9 Å². The van der Waals surface area contributed by atoms with Crippen molar-refractivity contribution >= 4 is 22.8 Å². The predicted molar refractivity (Wildman–Crippen MR) is 135 cm³/mol. The molecule has 0 radical (unpaired) electrons. The quantitative estimate of drug-likeness (QED) is 0.481. The molecule has 6 nitrogen and oxygen atoms in total. The first-order chi connectivity index (χ1) is 16.7. The molecule has 1 fully saturated rings. The number of benzene rings is 3. The van der Waals surface area contributed by atoms with Crippen molar-refractivity contribution in [2.24, 2.45) is 5.92 Å². The summed E-state index contributed by atoms with van der Waals surface area (Å²) < 4.78 is 1.80. The highest BCUT2D eigenvalue weighted by Crippen LogP contribution is 2.22. The van der Waals surface area contributed by atoms with Gasteiger partial charge in [-0.05, 0) is 36.1 Å². The monoisotopic (exact) mass is 452 g/mol. The molecule has 0 bridgehead atoms. The van der Waals surface area contributed by atoms with E-state index in [1.165, 1.54) is 0 Å². The third-order valence-electron chi connectivity index (χ3n) is 6.42. The molecule has 1 aromatic heterocycles. The average Bonchev–Trinajstić information content (AvgIpc) is 2.90. The lowest BCUT2D eigenvalue weighted by atomic mass is 9.97. The fourth-order valence-corrected chi connectivity index (χ4v) is 4.62. The van der Waals surface area contributed by atoms with E-state index in [-0.39, 0.29) is 17.4 Å². The minimum atomic E-state index is -0.173. The summed E-state index contributed by atoms with van der Waals surface area (Å²) in [6.07, 6.45) is 1.65. The van der Waals surface area contributed by atoms with Gasteiger partial charge in [0.05, 0.1) is 23.5 Å². The van der Waals surface area contributed by atoms with Crippen molar-refractivity contribution in [2.75, 3.05) is 18.0 Å². The highest BCUT2D eigenvalue weighted by molar-refractivity contribution is 5.80. The Hall–Kier alpha value is -3.93. The topological polar surface area (TPSA) is 67.2 Å². The first-order valence-corrected chi connectivity index (χ1v) is 11.8. The van der Waals surface area contributed by atoms with Crippen LogP contribution in [0.4, 0.5) is 5.82 Å². The van der Waals surface area contributed by atoms with Crippen LogP contribution in [0.2, 0.25) is 0 Å². The Morgan fingerprint density at radius 3 is 2.35 bits per heavy atom. The number of hydrogen-bond donors (Lipinski definition) is 1. The molecule has 1 amide bonds. The Balaban J connectivity index is 1.40. The number of carbonyl (C=O) groups is 1. The van der Waals surface area contributed by atoms with Crippen molar-refractivity contribution < 1.29 is 4.79 Å². The van der Waals surface area contributed by atoms with Gasteiger partial charge in [-0.25, -0.2) is 4.98 Å². The molecule has 1 aliphatic heterocycles. The summed E-state index contributed by atoms with van der Waals surface area (Å²) in [5, 5.41) is 3.06. The highest BCUT2D eigenvalue weighted by atomic mass is 16.2. The molecule has 6 heteroatoms. The standard InChI is InChI=1S/C28H28N4O2/c33-27(29-18-21-10-3-1-4-11-21)23-14-9-17-31(20-23)26-28(34)32(19-22-12-5-2-6-13-22)25-16-8-7-15-24(25)30-26/h1-8,10-13,15-16,23H,9,14,17-20H2,(H,29,33). The van der Waals surface area contributed by atoms with E-state index in [9.17, 15) is 9.59 Å². The van der Waals surface area contributed by atoms with Crippen LogP contribution in [0.25, 0.3) is 11.0 Å². The van der Waals surface area contributed by atoms with Crippen LogP contribution in [0.1, 0.15) is 24.0 Å². The number of aromatic nitrogens is 2. The fourth-order valence-electron chi connectivity index (χ4n) is 4.62. The van der Waals surface area contributed by atoms with Crippen molar-refractivity contribution in [3.63, 3.8) is 0 Å². The van der Waals surface area contributed by atoms with Gasteiger partial charge >= 0.3 is 0 Å². The van der Waals surface area contributed by atoms with Crippen LogP contribution in [0.3, 0.4) is 0 Å². The number of amides is 1. The van der Waals surface area contributed by atoms with Gasteiger partial charge in [0.25, 0.3) is 5.56 Å². The van der Waals surface area contributed by atoms with Crippen LogP contribution < -0.4 is 15.8 Å². The summed E-state index contributed by atoms with van der Waals surface area (Å²) in [4.78, 5) is 33.3. The maximum absolute atomic E-state index is 13.6. The molecular formula is C28H28N4O2. The molecule has 172 valence electrons. The minimum absolute atomic E-state index is 0.0268. The third kappa shape index (κ3) is 4.71. The third-order valence-corrected chi connectivity index (χ3v) is 6.42. The van der Waals surface area contributed by atoms with Gasteiger partial charge in [-0.1, -0.05) is 72.8 Å². The lowest BCUT2D eigenvalue weighted by molar-refractivity contribution is -0.125. The second-order valence-electron chi connectivity index (χ2n) is 8.79. The van der Waals surface area contributed by atoms with Crippen LogP contribution in [0.5, 0.6) is 0 Å². The molecule has 3 aromatic carbocycles. The first kappa shape index (κ1) is 21.9. The normalized spacial score (nSPS) is 15.9. The maximum Gasteiger partial charge on any atom is 0.294 e. The zero-order chi connectivity index (χ0) is 23.3. The number of anilines is 1. The Morgan fingerprint density at radius 2 is 1.59 bits per heavy atom. The zero-order valence-electron chi connectivity index (χ0n) is 19.1. The summed E-state index contributed by atoms with van der Waals surface area (Å²) in [5.41, 5.74) is 3.61. The molecule has 1 saturated heterocycles. The Bertz CT molecular complexity index is 1340. The van der Waals surface area contributed by atoms with Gasteiger partial charge in [0.1, 0.15) is 0 Å². The van der Waals surface area contributed by atoms with Crippen LogP contribution in [0.15, 0.2) is 89.7 Å². The number of para-hydroxylation sites is 2. The Morgan fingerprint density at radius 1 is 0.912 bits per heavy atom. The molecule has 1 aliphatic rings. The maximum atomic E-state index is 13.6. The molecule has 34 heavy (non-hydrogen) atoms. The molecule has 2 heterocycles. The Kier molecular flexibility index (Phi) is 6.38. The van der Waals surface area contributed by atoms with Gasteiger partial charge in [0.2, 0.25) is 5.91 Å². The first-order valence-electron chi connectivity index (χ1n) is 11.8. The summed E-state index contributed by atoms with van der Waals surface area (Å²) in [5.74, 6) is 0.279. The summed E-state index contributed by atoms with van der Waals surface area (Å²) in [6.45, 7) is 2.19. The second-order valence-corrected chi connectivity index (χ2v) is 8.79. The van der Waals surface area contributed by atoms with E-state index in [1.807, 2.05) is 89.8 Å². The largest absolute Gasteiger partial charge is 0.352 e. The molecule has 1 atom stereocenters. The van der Waals surface area contributed by atoms with Crippen LogP contribution in [0, 0.1) is 5.92 Å². The summed E-state index contributed by atoms with van der Waals surface area (Å²) in [7, 11) is 0. The van der Waals surface area contributed by atoms with Crippen LogP contribution in [-0.4, -0.2) is 28.5 Å². The molecule has 1 unspecified atom stereocenters. The molecule has 5 rings (SSSR count). The van der Waals surface area contributed by atoms with E-state index in [2.05, 4.69) is 5.32 Å². The van der Waals surface area contributed by atoms with E-state index in [1.54, 1.807) is 4.57 Å². The van der Waals surface area contributed by atoms with Gasteiger partial charge in [-0.3, -0.25) is 14.2 Å². The van der Waals surface area contributed by atoms with Crippen molar-refractivity contribution in [1.29, 1.82) is 0 Å². The van der Waals surface area contributed by atoms with Gasteiger partial charge in [0.15, 0.2) is 5.82 Å².